The number of rotatable bonds is 5. The Bertz CT molecular complexity index is 1390. The second-order valence-corrected chi connectivity index (χ2v) is 7.50. The Hall–Kier alpha value is -3.95. The van der Waals surface area contributed by atoms with Gasteiger partial charge in [0.25, 0.3) is 5.95 Å². The fourth-order valence-corrected chi connectivity index (χ4v) is 3.40. The summed E-state index contributed by atoms with van der Waals surface area (Å²) in [4.78, 5) is 13.7. The molecule has 0 unspecified atom stereocenters. The second-order valence-electron chi connectivity index (χ2n) is 7.50. The van der Waals surface area contributed by atoms with Crippen LogP contribution in [-0.4, -0.2) is 45.2 Å². The zero-order chi connectivity index (χ0) is 20.2. The molecule has 0 aromatic carbocycles. The van der Waals surface area contributed by atoms with Crippen LogP contribution in [0.3, 0.4) is 0 Å². The van der Waals surface area contributed by atoms with Gasteiger partial charge in [-0.25, -0.2) is 14.6 Å². The number of hydrogen-bond acceptors (Lipinski definition) is 7. The zero-order valence-corrected chi connectivity index (χ0v) is 16.5. The van der Waals surface area contributed by atoms with Gasteiger partial charge >= 0.3 is 0 Å². The predicted molar refractivity (Wildman–Crippen MR) is 111 cm³/mol. The van der Waals surface area contributed by atoms with Gasteiger partial charge in [0.2, 0.25) is 0 Å². The third-order valence-electron chi connectivity index (χ3n) is 5.14. The number of hydrogen-bond donors (Lipinski definition) is 1. The molecule has 1 saturated carbocycles. The summed E-state index contributed by atoms with van der Waals surface area (Å²) in [5, 5.41) is 13.9. The van der Waals surface area contributed by atoms with Gasteiger partial charge in [-0.3, -0.25) is 4.68 Å². The highest BCUT2D eigenvalue weighted by Crippen LogP contribution is 2.33. The molecule has 5 aromatic heterocycles. The molecule has 10 heteroatoms. The van der Waals surface area contributed by atoms with E-state index in [2.05, 4.69) is 30.5 Å². The smallest absolute Gasteiger partial charge is 0.252 e. The van der Waals surface area contributed by atoms with E-state index in [0.717, 1.165) is 46.3 Å². The maximum absolute atomic E-state index is 6.07. The number of pyridine rings is 1. The first-order chi connectivity index (χ1) is 14.6. The highest BCUT2D eigenvalue weighted by Gasteiger charge is 2.25. The van der Waals surface area contributed by atoms with Gasteiger partial charge in [0, 0.05) is 37.9 Å². The lowest BCUT2D eigenvalue weighted by Crippen LogP contribution is -2.03. The molecule has 0 atom stereocenters. The van der Waals surface area contributed by atoms with Crippen molar-refractivity contribution in [2.75, 3.05) is 5.32 Å². The van der Waals surface area contributed by atoms with Crippen molar-refractivity contribution in [3.05, 3.63) is 43.1 Å². The third kappa shape index (κ3) is 2.84. The minimum Gasteiger partial charge on any atom is -0.489 e. The number of anilines is 2. The molecule has 1 aliphatic rings. The molecule has 6 rings (SSSR count). The summed E-state index contributed by atoms with van der Waals surface area (Å²) in [5.41, 5.74) is 2.40. The van der Waals surface area contributed by atoms with Gasteiger partial charge in [0.05, 0.1) is 35.8 Å². The van der Waals surface area contributed by atoms with Gasteiger partial charge in [-0.05, 0) is 18.9 Å². The van der Waals surface area contributed by atoms with Crippen LogP contribution < -0.4 is 10.1 Å². The first-order valence-corrected chi connectivity index (χ1v) is 9.73. The molecule has 0 bridgehead atoms. The van der Waals surface area contributed by atoms with Crippen LogP contribution in [-0.2, 0) is 14.1 Å². The van der Waals surface area contributed by atoms with Crippen molar-refractivity contribution in [3.63, 3.8) is 0 Å². The molecule has 30 heavy (non-hydrogen) atoms. The molecular weight excluding hydrogens is 382 g/mol. The van der Waals surface area contributed by atoms with Crippen LogP contribution in [0.2, 0.25) is 0 Å². The number of ether oxygens (including phenoxy) is 1. The number of aromatic nitrogens is 8. The molecule has 10 nitrogen and oxygen atoms in total. The number of nitrogens with one attached hydrogen (secondary N) is 1. The number of aryl methyl sites for hydroxylation is 2. The number of fused-ring (bicyclic) bond motifs is 2. The molecule has 5 aromatic rings. The minimum absolute atomic E-state index is 0.288. The molecule has 0 radical (unpaired) electrons. The lowest BCUT2D eigenvalue weighted by atomic mass is 10.3. The van der Waals surface area contributed by atoms with Gasteiger partial charge < -0.3 is 14.6 Å². The van der Waals surface area contributed by atoms with E-state index in [4.69, 9.17) is 4.74 Å². The molecular formula is C20H19N9O. The topological polar surface area (TPSA) is 100 Å². The fourth-order valence-electron chi connectivity index (χ4n) is 3.40. The molecule has 150 valence electrons. The molecule has 0 amide bonds. The maximum atomic E-state index is 6.07. The Morgan fingerprint density at radius 3 is 2.83 bits per heavy atom. The average Bonchev–Trinajstić information content (AvgIpc) is 3.13. The van der Waals surface area contributed by atoms with E-state index >= 15 is 0 Å². The van der Waals surface area contributed by atoms with Crippen molar-refractivity contribution >= 4 is 33.6 Å². The molecule has 5 heterocycles. The van der Waals surface area contributed by atoms with E-state index in [9.17, 15) is 0 Å². The largest absolute Gasteiger partial charge is 0.489 e. The molecule has 1 fully saturated rings. The second kappa shape index (κ2) is 6.28. The van der Waals surface area contributed by atoms with Crippen molar-refractivity contribution in [1.82, 2.24) is 39.1 Å². The lowest BCUT2D eigenvalue weighted by molar-refractivity contribution is 0.307. The minimum atomic E-state index is 0.288. The van der Waals surface area contributed by atoms with Gasteiger partial charge in [-0.2, -0.15) is 15.2 Å². The van der Waals surface area contributed by atoms with Gasteiger partial charge in [0.15, 0.2) is 5.65 Å². The van der Waals surface area contributed by atoms with Crippen molar-refractivity contribution in [1.29, 1.82) is 0 Å². The van der Waals surface area contributed by atoms with Crippen LogP contribution in [0.15, 0.2) is 43.1 Å². The summed E-state index contributed by atoms with van der Waals surface area (Å²) < 4.78 is 11.4. The van der Waals surface area contributed by atoms with E-state index < -0.39 is 0 Å². The van der Waals surface area contributed by atoms with Gasteiger partial charge in [0.1, 0.15) is 17.2 Å². The van der Waals surface area contributed by atoms with Crippen LogP contribution in [0.1, 0.15) is 12.8 Å². The third-order valence-corrected chi connectivity index (χ3v) is 5.14. The van der Waals surface area contributed by atoms with Crippen LogP contribution >= 0.6 is 0 Å². The highest BCUT2D eigenvalue weighted by molar-refractivity contribution is 5.84. The first-order valence-electron chi connectivity index (χ1n) is 9.73. The summed E-state index contributed by atoms with van der Waals surface area (Å²) >= 11 is 0. The monoisotopic (exact) mass is 401 g/mol. The summed E-state index contributed by atoms with van der Waals surface area (Å²) in [6.07, 6.45) is 11.6. The van der Waals surface area contributed by atoms with Crippen molar-refractivity contribution in [3.8, 4) is 11.7 Å². The SMILES string of the molecule is Cn1ccc2cnc(-n3cc(Nc4cc(OC5CC5)c5cnn(C)c5n4)cn3)nc21. The van der Waals surface area contributed by atoms with E-state index in [1.807, 2.05) is 43.2 Å². The quantitative estimate of drug-likeness (QED) is 0.483. The zero-order valence-electron chi connectivity index (χ0n) is 16.5. The average molecular weight is 401 g/mol. The van der Waals surface area contributed by atoms with Crippen LogP contribution in [0.4, 0.5) is 11.5 Å². The maximum Gasteiger partial charge on any atom is 0.252 e. The molecule has 0 saturated heterocycles. The normalized spacial score (nSPS) is 13.9. The molecule has 1 N–H and O–H groups in total. The predicted octanol–water partition coefficient (Wildman–Crippen LogP) is 2.72. The van der Waals surface area contributed by atoms with Crippen LogP contribution in [0.25, 0.3) is 28.0 Å². The van der Waals surface area contributed by atoms with Crippen LogP contribution in [0.5, 0.6) is 5.75 Å². The first kappa shape index (κ1) is 17.0. The summed E-state index contributed by atoms with van der Waals surface area (Å²) in [6, 6.07) is 3.89. The van der Waals surface area contributed by atoms with E-state index in [1.54, 1.807) is 28.0 Å². The van der Waals surface area contributed by atoms with Gasteiger partial charge in [-0.1, -0.05) is 0 Å². The summed E-state index contributed by atoms with van der Waals surface area (Å²) in [7, 11) is 3.83. The Morgan fingerprint density at radius 1 is 1.07 bits per heavy atom. The molecule has 0 spiro atoms. The molecule has 1 aliphatic carbocycles. The van der Waals surface area contributed by atoms with Crippen LogP contribution in [0, 0.1) is 0 Å². The van der Waals surface area contributed by atoms with Crippen molar-refractivity contribution in [2.45, 2.75) is 18.9 Å². The fraction of sp³-hybridized carbons (Fsp3) is 0.250. The summed E-state index contributed by atoms with van der Waals surface area (Å²) in [6.45, 7) is 0. The Morgan fingerprint density at radius 2 is 1.97 bits per heavy atom. The van der Waals surface area contributed by atoms with Crippen molar-refractivity contribution in [2.24, 2.45) is 14.1 Å². The highest BCUT2D eigenvalue weighted by atomic mass is 16.5. The molecule has 0 aliphatic heterocycles. The Labute approximate surface area is 171 Å². The van der Waals surface area contributed by atoms with E-state index in [1.165, 1.54) is 0 Å². The summed E-state index contributed by atoms with van der Waals surface area (Å²) in [5.74, 6) is 1.97. The van der Waals surface area contributed by atoms with Crippen molar-refractivity contribution < 1.29 is 4.74 Å². The van der Waals surface area contributed by atoms with E-state index in [-0.39, 0.29) is 6.10 Å². The standard InChI is InChI=1S/C20H19N9O/c1-27-6-5-12-8-21-20(26-18(12)27)29-11-13(9-23-29)24-17-7-16(30-14-3-4-14)15-10-22-28(2)19(15)25-17/h5-11,14H,3-4H2,1-2H3,(H,24,25). The van der Waals surface area contributed by atoms with E-state index in [0.29, 0.717) is 11.8 Å². The Kier molecular flexibility index (Phi) is 3.55. The number of nitrogens with zero attached hydrogens (tertiary/aromatic N) is 8. The Balaban J connectivity index is 1.33. The lowest BCUT2D eigenvalue weighted by Gasteiger charge is -2.09. The van der Waals surface area contributed by atoms with Gasteiger partial charge in [-0.15, -0.1) is 0 Å².